The van der Waals surface area contributed by atoms with Crippen LogP contribution in [-0.2, 0) is 4.79 Å². The number of hydrogen-bond donors (Lipinski definition) is 1. The Morgan fingerprint density at radius 1 is 1.62 bits per heavy atom. The molecule has 2 N–H and O–H groups in total. The quantitative estimate of drug-likeness (QED) is 0.692. The van der Waals surface area contributed by atoms with Crippen molar-refractivity contribution in [2.75, 3.05) is 13.6 Å². The Balaban J connectivity index is 2.27. The average Bonchev–Trinajstić information content (AvgIpc) is 2.94. The second-order valence-corrected chi connectivity index (χ2v) is 3.97. The van der Waals surface area contributed by atoms with E-state index in [0.29, 0.717) is 19.0 Å². The first-order valence-corrected chi connectivity index (χ1v) is 5.12. The Morgan fingerprint density at radius 2 is 2.23 bits per heavy atom. The minimum atomic E-state index is 0.241. The molecule has 0 aliphatic heterocycles. The van der Waals surface area contributed by atoms with E-state index in [0.717, 1.165) is 12.3 Å². The Morgan fingerprint density at radius 3 is 2.69 bits per heavy atom. The number of carbonyl (C=O) groups excluding carboxylic acids is 1. The maximum Gasteiger partial charge on any atom is 0.222 e. The molecule has 0 radical (unpaired) electrons. The van der Waals surface area contributed by atoms with E-state index in [1.165, 1.54) is 12.8 Å². The van der Waals surface area contributed by atoms with Gasteiger partial charge in [-0.3, -0.25) is 4.79 Å². The van der Waals surface area contributed by atoms with E-state index in [1.807, 2.05) is 11.9 Å². The Hall–Kier alpha value is -0.570. The zero-order valence-corrected chi connectivity index (χ0v) is 8.62. The minimum Gasteiger partial charge on any atom is -0.343 e. The van der Waals surface area contributed by atoms with Crippen LogP contribution >= 0.6 is 0 Å². The maximum absolute atomic E-state index is 11.5. The smallest absolute Gasteiger partial charge is 0.222 e. The topological polar surface area (TPSA) is 46.3 Å². The Labute approximate surface area is 80.3 Å². The van der Waals surface area contributed by atoms with Crippen LogP contribution in [0.15, 0.2) is 0 Å². The summed E-state index contributed by atoms with van der Waals surface area (Å²) in [5.74, 6) is 0.997. The van der Waals surface area contributed by atoms with Gasteiger partial charge in [-0.25, -0.2) is 0 Å². The van der Waals surface area contributed by atoms with Crippen LogP contribution in [0.3, 0.4) is 0 Å². The van der Waals surface area contributed by atoms with Crippen LogP contribution in [0.5, 0.6) is 0 Å². The first-order chi connectivity index (χ1) is 6.16. The average molecular weight is 184 g/mol. The normalized spacial score (nSPS) is 18.4. The van der Waals surface area contributed by atoms with E-state index >= 15 is 0 Å². The third-order valence-electron chi connectivity index (χ3n) is 2.90. The predicted molar refractivity (Wildman–Crippen MR) is 53.2 cm³/mol. The Kier molecular flexibility index (Phi) is 3.72. The van der Waals surface area contributed by atoms with Gasteiger partial charge in [0, 0.05) is 19.5 Å². The molecule has 3 nitrogen and oxygen atoms in total. The summed E-state index contributed by atoms with van der Waals surface area (Å²) >= 11 is 0. The molecule has 3 heteroatoms. The molecule has 0 saturated heterocycles. The zero-order valence-electron chi connectivity index (χ0n) is 8.62. The molecule has 0 bridgehead atoms. The van der Waals surface area contributed by atoms with Gasteiger partial charge in [-0.1, -0.05) is 0 Å². The van der Waals surface area contributed by atoms with Crippen molar-refractivity contribution in [3.8, 4) is 0 Å². The molecule has 1 aliphatic carbocycles. The molecule has 1 aliphatic rings. The van der Waals surface area contributed by atoms with Crippen LogP contribution in [0, 0.1) is 5.92 Å². The third kappa shape index (κ3) is 2.99. The highest BCUT2D eigenvalue weighted by Crippen LogP contribution is 2.34. The fraction of sp³-hybridized carbons (Fsp3) is 0.900. The third-order valence-corrected chi connectivity index (χ3v) is 2.90. The number of carbonyl (C=O) groups is 1. The molecule has 1 saturated carbocycles. The molecule has 1 amide bonds. The second-order valence-electron chi connectivity index (χ2n) is 3.97. The number of nitrogens with two attached hydrogens (primary N) is 1. The second kappa shape index (κ2) is 4.61. The van der Waals surface area contributed by atoms with E-state index in [2.05, 4.69) is 6.92 Å². The van der Waals surface area contributed by atoms with Crippen molar-refractivity contribution >= 4 is 5.91 Å². The summed E-state index contributed by atoms with van der Waals surface area (Å²) in [5.41, 5.74) is 5.35. The summed E-state index contributed by atoms with van der Waals surface area (Å²) in [6.07, 6.45) is 3.98. The molecule has 1 unspecified atom stereocenters. The minimum absolute atomic E-state index is 0.241. The van der Waals surface area contributed by atoms with Gasteiger partial charge in [-0.2, -0.15) is 0 Å². The summed E-state index contributed by atoms with van der Waals surface area (Å²) < 4.78 is 0. The van der Waals surface area contributed by atoms with E-state index in [-0.39, 0.29) is 5.91 Å². The van der Waals surface area contributed by atoms with Crippen LogP contribution in [0.4, 0.5) is 0 Å². The van der Waals surface area contributed by atoms with Gasteiger partial charge in [0.2, 0.25) is 5.91 Å². The van der Waals surface area contributed by atoms with Gasteiger partial charge < -0.3 is 10.6 Å². The van der Waals surface area contributed by atoms with Crippen LogP contribution in [0.1, 0.15) is 32.6 Å². The Bertz CT molecular complexity index is 178. The van der Waals surface area contributed by atoms with Crippen LogP contribution in [-0.4, -0.2) is 30.4 Å². The summed E-state index contributed by atoms with van der Waals surface area (Å²) in [7, 11) is 1.90. The lowest BCUT2D eigenvalue weighted by atomic mass is 10.1. The van der Waals surface area contributed by atoms with Crippen molar-refractivity contribution in [3.05, 3.63) is 0 Å². The van der Waals surface area contributed by atoms with Gasteiger partial charge in [0.15, 0.2) is 0 Å². The zero-order chi connectivity index (χ0) is 9.84. The van der Waals surface area contributed by atoms with Crippen molar-refractivity contribution < 1.29 is 4.79 Å². The lowest BCUT2D eigenvalue weighted by Crippen LogP contribution is -2.36. The fourth-order valence-electron chi connectivity index (χ4n) is 1.55. The summed E-state index contributed by atoms with van der Waals surface area (Å²) in [4.78, 5) is 13.4. The molecule has 0 spiro atoms. The molecule has 0 heterocycles. The molecule has 76 valence electrons. The predicted octanol–water partition coefficient (Wildman–Crippen LogP) is 0.982. The van der Waals surface area contributed by atoms with Crippen LogP contribution in [0.2, 0.25) is 0 Å². The van der Waals surface area contributed by atoms with E-state index in [4.69, 9.17) is 5.73 Å². The first-order valence-electron chi connectivity index (χ1n) is 5.12. The monoisotopic (exact) mass is 184 g/mol. The SMILES string of the molecule is CC(C1CC1)N(C)C(=O)CCCN. The van der Waals surface area contributed by atoms with Gasteiger partial charge in [-0.15, -0.1) is 0 Å². The molecular formula is C10H20N2O. The largest absolute Gasteiger partial charge is 0.343 e. The standard InChI is InChI=1S/C10H20N2O/c1-8(9-5-6-9)12(2)10(13)4-3-7-11/h8-9H,3-7,11H2,1-2H3. The van der Waals surface area contributed by atoms with Crippen LogP contribution in [0.25, 0.3) is 0 Å². The van der Waals surface area contributed by atoms with Crippen molar-refractivity contribution in [2.45, 2.75) is 38.6 Å². The molecule has 0 aromatic carbocycles. The highest BCUT2D eigenvalue weighted by molar-refractivity contribution is 5.76. The van der Waals surface area contributed by atoms with Gasteiger partial charge in [0.1, 0.15) is 0 Å². The molecule has 0 aromatic heterocycles. The lowest BCUT2D eigenvalue weighted by molar-refractivity contribution is -0.132. The van der Waals surface area contributed by atoms with Gasteiger partial charge in [0.25, 0.3) is 0 Å². The first kappa shape index (κ1) is 10.5. The highest BCUT2D eigenvalue weighted by atomic mass is 16.2. The van der Waals surface area contributed by atoms with Crippen molar-refractivity contribution in [3.63, 3.8) is 0 Å². The van der Waals surface area contributed by atoms with Gasteiger partial charge in [0.05, 0.1) is 0 Å². The lowest BCUT2D eigenvalue weighted by Gasteiger charge is -2.24. The maximum atomic E-state index is 11.5. The number of hydrogen-bond acceptors (Lipinski definition) is 2. The van der Waals surface area contributed by atoms with E-state index in [1.54, 1.807) is 0 Å². The number of nitrogens with zero attached hydrogens (tertiary/aromatic N) is 1. The van der Waals surface area contributed by atoms with E-state index in [9.17, 15) is 4.79 Å². The highest BCUT2D eigenvalue weighted by Gasteiger charge is 2.31. The summed E-state index contributed by atoms with van der Waals surface area (Å²) in [6.45, 7) is 2.75. The molecular weight excluding hydrogens is 164 g/mol. The molecule has 1 rings (SSSR count). The summed E-state index contributed by atoms with van der Waals surface area (Å²) in [5, 5.41) is 0. The van der Waals surface area contributed by atoms with Crippen molar-refractivity contribution in [1.29, 1.82) is 0 Å². The van der Waals surface area contributed by atoms with Gasteiger partial charge in [-0.05, 0) is 38.6 Å². The number of amides is 1. The van der Waals surface area contributed by atoms with Crippen LogP contribution < -0.4 is 5.73 Å². The van der Waals surface area contributed by atoms with Gasteiger partial charge >= 0.3 is 0 Å². The molecule has 13 heavy (non-hydrogen) atoms. The fourth-order valence-corrected chi connectivity index (χ4v) is 1.55. The van der Waals surface area contributed by atoms with E-state index < -0.39 is 0 Å². The molecule has 1 fully saturated rings. The molecule has 0 aromatic rings. The van der Waals surface area contributed by atoms with Crippen molar-refractivity contribution in [2.24, 2.45) is 11.7 Å². The number of rotatable bonds is 5. The summed E-state index contributed by atoms with van der Waals surface area (Å²) in [6, 6.07) is 0.422. The van der Waals surface area contributed by atoms with Crippen molar-refractivity contribution in [1.82, 2.24) is 4.90 Å². The molecule has 1 atom stereocenters.